The Morgan fingerprint density at radius 2 is 2.11 bits per heavy atom. The van der Waals surface area contributed by atoms with Crippen LogP contribution in [0.3, 0.4) is 0 Å². The fraction of sp³-hybridized carbons (Fsp3) is 0. The van der Waals surface area contributed by atoms with Crippen molar-refractivity contribution in [3.05, 3.63) is 52.6 Å². The van der Waals surface area contributed by atoms with Gasteiger partial charge in [-0.15, -0.1) is 0 Å². The summed E-state index contributed by atoms with van der Waals surface area (Å²) in [6, 6.07) is 2.72. The Labute approximate surface area is 107 Å². The molecular formula is C11H9N5O3. The Morgan fingerprint density at radius 3 is 2.79 bits per heavy atom. The fourth-order valence-corrected chi connectivity index (χ4v) is 1.44. The molecule has 0 aliphatic rings. The number of anilines is 2. The van der Waals surface area contributed by atoms with Crippen LogP contribution in [0.1, 0.15) is 10.4 Å². The zero-order valence-electron chi connectivity index (χ0n) is 9.61. The molecule has 0 saturated heterocycles. The topological polar surface area (TPSA) is 124 Å². The first kappa shape index (κ1) is 12.4. The van der Waals surface area contributed by atoms with Gasteiger partial charge < -0.3 is 11.1 Å². The maximum Gasteiger partial charge on any atom is 0.295 e. The normalized spacial score (nSPS) is 9.89. The third-order valence-electron chi connectivity index (χ3n) is 2.30. The highest BCUT2D eigenvalue weighted by atomic mass is 16.6. The van der Waals surface area contributed by atoms with E-state index in [-0.39, 0.29) is 16.9 Å². The van der Waals surface area contributed by atoms with Crippen molar-refractivity contribution in [2.24, 2.45) is 5.73 Å². The van der Waals surface area contributed by atoms with Crippen LogP contribution >= 0.6 is 0 Å². The highest BCUT2D eigenvalue weighted by Crippen LogP contribution is 2.25. The molecule has 2 rings (SSSR count). The zero-order valence-corrected chi connectivity index (χ0v) is 9.61. The van der Waals surface area contributed by atoms with Crippen LogP contribution in [-0.4, -0.2) is 20.8 Å². The number of carbonyl (C=O) groups is 1. The monoisotopic (exact) mass is 259 g/mol. The second kappa shape index (κ2) is 5.08. The van der Waals surface area contributed by atoms with Gasteiger partial charge in [-0.3, -0.25) is 24.9 Å². The van der Waals surface area contributed by atoms with Crippen LogP contribution in [0.2, 0.25) is 0 Å². The summed E-state index contributed by atoms with van der Waals surface area (Å²) in [6.07, 6.45) is 5.37. The number of amides is 1. The average Bonchev–Trinajstić information content (AvgIpc) is 2.39. The van der Waals surface area contributed by atoms with Crippen molar-refractivity contribution in [1.29, 1.82) is 0 Å². The Hall–Kier alpha value is -3.03. The second-order valence-electron chi connectivity index (χ2n) is 3.60. The Kier molecular flexibility index (Phi) is 3.33. The maximum absolute atomic E-state index is 11.0. The predicted molar refractivity (Wildman–Crippen MR) is 66.9 cm³/mol. The smallest absolute Gasteiger partial charge is 0.295 e. The highest BCUT2D eigenvalue weighted by Gasteiger charge is 2.13. The molecule has 8 heteroatoms. The van der Waals surface area contributed by atoms with Gasteiger partial charge in [0.1, 0.15) is 5.69 Å². The Bertz CT molecular complexity index is 644. The molecule has 0 aliphatic carbocycles. The molecule has 19 heavy (non-hydrogen) atoms. The lowest BCUT2D eigenvalue weighted by Crippen LogP contribution is -2.11. The van der Waals surface area contributed by atoms with E-state index in [0.29, 0.717) is 5.69 Å². The van der Waals surface area contributed by atoms with E-state index < -0.39 is 10.8 Å². The van der Waals surface area contributed by atoms with Crippen LogP contribution in [0, 0.1) is 10.1 Å². The molecule has 8 nitrogen and oxygen atoms in total. The molecule has 96 valence electrons. The molecule has 2 aromatic rings. The number of hydrogen-bond acceptors (Lipinski definition) is 6. The van der Waals surface area contributed by atoms with Gasteiger partial charge in [-0.1, -0.05) is 0 Å². The molecule has 2 aromatic heterocycles. The first-order valence-electron chi connectivity index (χ1n) is 5.18. The first-order valence-corrected chi connectivity index (χ1v) is 5.18. The summed E-state index contributed by atoms with van der Waals surface area (Å²) >= 11 is 0. The summed E-state index contributed by atoms with van der Waals surface area (Å²) in [5.74, 6) is -0.628. The van der Waals surface area contributed by atoms with Gasteiger partial charge in [0.2, 0.25) is 5.91 Å². The van der Waals surface area contributed by atoms with E-state index in [1.807, 2.05) is 0 Å². The minimum Gasteiger partial charge on any atom is -0.366 e. The van der Waals surface area contributed by atoms with Gasteiger partial charge >= 0.3 is 0 Å². The fourth-order valence-electron chi connectivity index (χ4n) is 1.44. The number of nitrogens with two attached hydrogens (primary N) is 1. The molecule has 0 saturated carbocycles. The van der Waals surface area contributed by atoms with E-state index in [1.54, 1.807) is 0 Å². The molecule has 0 aliphatic heterocycles. The van der Waals surface area contributed by atoms with E-state index in [4.69, 9.17) is 5.73 Å². The van der Waals surface area contributed by atoms with Gasteiger partial charge in [0, 0.05) is 18.5 Å². The van der Waals surface area contributed by atoms with Gasteiger partial charge in [-0.25, -0.2) is 0 Å². The quantitative estimate of drug-likeness (QED) is 0.628. The Morgan fingerprint density at radius 1 is 1.32 bits per heavy atom. The number of primary amides is 1. The van der Waals surface area contributed by atoms with Crippen molar-refractivity contribution in [2.75, 3.05) is 5.32 Å². The summed E-state index contributed by atoms with van der Waals surface area (Å²) in [5, 5.41) is 13.6. The predicted octanol–water partition coefficient (Wildman–Crippen LogP) is 1.23. The number of nitro groups is 1. The standard InChI is InChI=1S/C11H9N5O3/c12-11(17)7-3-8(5-14-4-7)15-9-6-13-2-1-10(9)16(18)19/h1-6,15H,(H2,12,17). The van der Waals surface area contributed by atoms with Gasteiger partial charge in [-0.2, -0.15) is 0 Å². The lowest BCUT2D eigenvalue weighted by Gasteiger charge is -2.06. The second-order valence-corrected chi connectivity index (χ2v) is 3.60. The van der Waals surface area contributed by atoms with Gasteiger partial charge in [0.15, 0.2) is 0 Å². The van der Waals surface area contributed by atoms with E-state index in [0.717, 1.165) is 0 Å². The van der Waals surface area contributed by atoms with Crippen molar-refractivity contribution in [3.8, 4) is 0 Å². The number of pyridine rings is 2. The van der Waals surface area contributed by atoms with Crippen LogP contribution in [-0.2, 0) is 0 Å². The molecule has 0 spiro atoms. The van der Waals surface area contributed by atoms with Crippen LogP contribution in [0.15, 0.2) is 36.9 Å². The molecule has 0 radical (unpaired) electrons. The minimum atomic E-state index is -0.628. The summed E-state index contributed by atoms with van der Waals surface area (Å²) in [4.78, 5) is 28.9. The molecule has 0 bridgehead atoms. The molecule has 1 amide bonds. The van der Waals surface area contributed by atoms with Crippen LogP contribution in [0.5, 0.6) is 0 Å². The number of carbonyl (C=O) groups excluding carboxylic acids is 1. The molecule has 0 unspecified atom stereocenters. The Balaban J connectivity index is 2.34. The maximum atomic E-state index is 11.0. The molecular weight excluding hydrogens is 250 g/mol. The number of rotatable bonds is 4. The SMILES string of the molecule is NC(=O)c1cncc(Nc2cnccc2[N+](=O)[O-])c1. The lowest BCUT2D eigenvalue weighted by molar-refractivity contribution is -0.384. The summed E-state index contributed by atoms with van der Waals surface area (Å²) in [7, 11) is 0. The van der Waals surface area contributed by atoms with Gasteiger partial charge in [-0.05, 0) is 6.07 Å². The van der Waals surface area contributed by atoms with Crippen molar-refractivity contribution in [3.63, 3.8) is 0 Å². The highest BCUT2D eigenvalue weighted by molar-refractivity contribution is 5.93. The molecule has 0 atom stereocenters. The molecule has 2 heterocycles. The zero-order chi connectivity index (χ0) is 13.8. The molecule has 3 N–H and O–H groups in total. The van der Waals surface area contributed by atoms with Crippen molar-refractivity contribution < 1.29 is 9.72 Å². The van der Waals surface area contributed by atoms with Crippen LogP contribution in [0.4, 0.5) is 17.1 Å². The number of nitrogens with zero attached hydrogens (tertiary/aromatic N) is 3. The van der Waals surface area contributed by atoms with Crippen LogP contribution < -0.4 is 11.1 Å². The van der Waals surface area contributed by atoms with E-state index in [2.05, 4.69) is 15.3 Å². The summed E-state index contributed by atoms with van der Waals surface area (Å²) in [6.45, 7) is 0. The van der Waals surface area contributed by atoms with E-state index >= 15 is 0 Å². The van der Waals surface area contributed by atoms with Gasteiger partial charge in [0.05, 0.1) is 28.6 Å². The van der Waals surface area contributed by atoms with E-state index in [1.165, 1.54) is 36.9 Å². The largest absolute Gasteiger partial charge is 0.366 e. The molecule has 0 fully saturated rings. The molecule has 0 aromatic carbocycles. The van der Waals surface area contributed by atoms with Crippen LogP contribution in [0.25, 0.3) is 0 Å². The third kappa shape index (κ3) is 2.80. The third-order valence-corrected chi connectivity index (χ3v) is 2.30. The average molecular weight is 259 g/mol. The van der Waals surface area contributed by atoms with Crippen molar-refractivity contribution >= 4 is 23.0 Å². The summed E-state index contributed by atoms with van der Waals surface area (Å²) < 4.78 is 0. The van der Waals surface area contributed by atoms with Crippen molar-refractivity contribution in [1.82, 2.24) is 9.97 Å². The van der Waals surface area contributed by atoms with Gasteiger partial charge in [0.25, 0.3) is 5.69 Å². The van der Waals surface area contributed by atoms with E-state index in [9.17, 15) is 14.9 Å². The number of nitrogens with one attached hydrogen (secondary N) is 1. The van der Waals surface area contributed by atoms with Crippen molar-refractivity contribution in [2.45, 2.75) is 0 Å². The number of hydrogen-bond donors (Lipinski definition) is 2. The minimum absolute atomic E-state index is 0.125. The summed E-state index contributed by atoms with van der Waals surface area (Å²) in [5.41, 5.74) is 5.82. The first-order chi connectivity index (χ1) is 9.08. The number of aromatic nitrogens is 2. The lowest BCUT2D eigenvalue weighted by atomic mass is 10.2.